The second-order valence-electron chi connectivity index (χ2n) is 16.2. The van der Waals surface area contributed by atoms with Crippen LogP contribution in [0.4, 0.5) is 17.6 Å². The molecule has 0 saturated carbocycles. The van der Waals surface area contributed by atoms with Crippen LogP contribution in [-0.4, -0.2) is 24.4 Å². The third-order valence-electron chi connectivity index (χ3n) is 11.4. The molecule has 0 spiro atoms. The Labute approximate surface area is 438 Å². The molecule has 0 unspecified atom stereocenters. The van der Waals surface area contributed by atoms with Crippen molar-refractivity contribution >= 4 is 0 Å². The average Bonchev–Trinajstić information content (AvgIpc) is 4.24. The van der Waals surface area contributed by atoms with E-state index in [9.17, 15) is 17.6 Å². The summed E-state index contributed by atoms with van der Waals surface area (Å²) in [4.78, 5) is 4.08. The second-order valence-corrected chi connectivity index (χ2v) is 16.2. The minimum absolute atomic E-state index is 0. The van der Waals surface area contributed by atoms with Crippen LogP contribution in [0.3, 0.4) is 0 Å². The van der Waals surface area contributed by atoms with Crippen molar-refractivity contribution in [3.05, 3.63) is 285 Å². The Morgan fingerprint density at radius 3 is 1.16 bits per heavy atom. The zero-order valence-electron chi connectivity index (χ0n) is 38.9. The maximum atomic E-state index is 13.6. The molecule has 4 heterocycles. The Morgan fingerprint density at radius 2 is 0.811 bits per heavy atom. The number of rotatable bonds is 9. The van der Waals surface area contributed by atoms with E-state index in [0.29, 0.717) is 17.1 Å². The van der Waals surface area contributed by atoms with E-state index >= 15 is 0 Å². The van der Waals surface area contributed by atoms with Gasteiger partial charge in [-0.1, -0.05) is 134 Å². The molecule has 363 valence electrons. The first-order chi connectivity index (χ1) is 35.9. The van der Waals surface area contributed by atoms with Gasteiger partial charge in [0.25, 0.3) is 12.7 Å². The molecule has 0 saturated heterocycles. The van der Waals surface area contributed by atoms with Gasteiger partial charge in [-0.15, -0.1) is 24.3 Å². The number of nitrogens with zero attached hydrogens (tertiary/aromatic N) is 8. The summed E-state index contributed by atoms with van der Waals surface area (Å²) in [6, 6.07) is 72.7. The SMILES string of the molecule is Fc1c[c-]c(-n2[c-][n+](-c3ccc(F)cc3)c(-c3ccccc3)c2-c2ccccc2)cc1.Fc1c[c-]c(-n2[c-][n+](-c3ccc(F)cc3)c(-c3ccccc3)c2-c2ccccc2)cc1.[Ir].c1ccc(-c2cnn[n-]2)nc1. The minimum atomic E-state index is -0.355. The van der Waals surface area contributed by atoms with Crippen LogP contribution in [0.5, 0.6) is 0 Å². The third kappa shape index (κ3) is 11.3. The molecule has 0 N–H and O–H groups in total. The molecule has 0 amide bonds. The molecule has 0 atom stereocenters. The van der Waals surface area contributed by atoms with Crippen molar-refractivity contribution in [2.24, 2.45) is 0 Å². The first-order valence-corrected chi connectivity index (χ1v) is 22.9. The van der Waals surface area contributed by atoms with E-state index in [1.54, 1.807) is 48.8 Å². The normalized spacial score (nSPS) is 10.6. The van der Waals surface area contributed by atoms with Gasteiger partial charge < -0.3 is 19.3 Å². The molecule has 12 aromatic rings. The van der Waals surface area contributed by atoms with E-state index < -0.39 is 0 Å². The predicted octanol–water partition coefficient (Wildman–Crippen LogP) is 12.4. The number of hydrogen-bond acceptors (Lipinski definition) is 3. The molecule has 1 radical (unpaired) electrons. The van der Waals surface area contributed by atoms with Crippen LogP contribution in [0, 0.1) is 48.1 Å². The number of halogens is 4. The molecule has 0 aliphatic heterocycles. The quantitative estimate of drug-likeness (QED) is 0.0820. The fourth-order valence-corrected chi connectivity index (χ4v) is 8.06. The van der Waals surface area contributed by atoms with Gasteiger partial charge in [-0.2, -0.15) is 24.3 Å². The van der Waals surface area contributed by atoms with E-state index in [1.807, 2.05) is 158 Å². The molecular weight excluding hydrogens is 1110 g/mol. The Hall–Kier alpha value is -9.16. The van der Waals surface area contributed by atoms with E-state index in [2.05, 4.69) is 45.2 Å². The zero-order valence-corrected chi connectivity index (χ0v) is 41.3. The van der Waals surface area contributed by atoms with Crippen LogP contribution in [0.2, 0.25) is 0 Å². The summed E-state index contributed by atoms with van der Waals surface area (Å²) in [7, 11) is 0. The summed E-state index contributed by atoms with van der Waals surface area (Å²) in [6.07, 6.45) is 10.1. The second kappa shape index (κ2) is 23.4. The number of hydrogen-bond donors (Lipinski definition) is 0. The van der Waals surface area contributed by atoms with E-state index in [4.69, 9.17) is 0 Å². The molecular formula is C61H39F4IrN8-3. The molecule has 0 bridgehead atoms. The number of imidazole rings is 2. The maximum Gasteiger partial charge on any atom is 0.268 e. The van der Waals surface area contributed by atoms with Crippen LogP contribution in [0.1, 0.15) is 0 Å². The Kier molecular flexibility index (Phi) is 15.7. The van der Waals surface area contributed by atoms with Gasteiger partial charge in [-0.3, -0.25) is 28.1 Å². The summed E-state index contributed by atoms with van der Waals surface area (Å²) in [5, 5.41) is 10.8. The van der Waals surface area contributed by atoms with Gasteiger partial charge in [-0.05, 0) is 100.0 Å². The maximum absolute atomic E-state index is 13.6. The fourth-order valence-electron chi connectivity index (χ4n) is 8.06. The molecule has 0 aliphatic rings. The van der Waals surface area contributed by atoms with Crippen molar-refractivity contribution in [1.29, 1.82) is 0 Å². The van der Waals surface area contributed by atoms with Crippen molar-refractivity contribution < 1.29 is 46.8 Å². The van der Waals surface area contributed by atoms with E-state index in [1.165, 1.54) is 48.5 Å². The topological polar surface area (TPSA) is 70.4 Å². The van der Waals surface area contributed by atoms with Crippen molar-refractivity contribution in [3.8, 4) is 79.2 Å². The molecule has 8 nitrogen and oxygen atoms in total. The zero-order chi connectivity index (χ0) is 49.9. The molecule has 12 rings (SSSR count). The molecule has 0 fully saturated rings. The van der Waals surface area contributed by atoms with E-state index in [-0.39, 0.29) is 43.4 Å². The number of benzene rings is 8. The Balaban J connectivity index is 0.000000149. The monoisotopic (exact) mass is 1150 g/mol. The standard InChI is InChI=1S/2C27H17F2N2.C7H5N4.Ir/c2*28-22-11-15-24(16-12-22)30-19-31(25-17-13-23(29)14-18-25)27(21-9-5-2-6-10-21)26(30)20-7-3-1-4-8-20;1-2-4-8-6(3-1)7-5-9-11-10-7;/h2*1-17H;1-5H;/q3*-1;. The van der Waals surface area contributed by atoms with Crippen LogP contribution >= 0.6 is 0 Å². The van der Waals surface area contributed by atoms with Gasteiger partial charge in [0.15, 0.2) is 0 Å². The largest absolute Gasteiger partial charge is 0.358 e. The van der Waals surface area contributed by atoms with Crippen LogP contribution < -0.4 is 14.2 Å². The van der Waals surface area contributed by atoms with Crippen LogP contribution in [0.15, 0.2) is 237 Å². The van der Waals surface area contributed by atoms with Gasteiger partial charge >= 0.3 is 0 Å². The summed E-state index contributed by atoms with van der Waals surface area (Å²) < 4.78 is 61.9. The summed E-state index contributed by atoms with van der Waals surface area (Å²) >= 11 is 0. The van der Waals surface area contributed by atoms with Gasteiger partial charge in [0.2, 0.25) is 0 Å². The Bertz CT molecular complexity index is 3240. The third-order valence-corrected chi connectivity index (χ3v) is 11.4. The van der Waals surface area contributed by atoms with Gasteiger partial charge in [-0.25, -0.2) is 8.78 Å². The van der Waals surface area contributed by atoms with Gasteiger partial charge in [0, 0.05) is 37.9 Å². The van der Waals surface area contributed by atoms with Crippen molar-refractivity contribution in [2.45, 2.75) is 0 Å². The summed E-state index contributed by atoms with van der Waals surface area (Å²) in [5.74, 6) is -1.32. The molecule has 0 aliphatic carbocycles. The van der Waals surface area contributed by atoms with Gasteiger partial charge in [0.1, 0.15) is 11.6 Å². The minimum Gasteiger partial charge on any atom is -0.358 e. The van der Waals surface area contributed by atoms with E-state index in [0.717, 1.165) is 62.1 Å². The summed E-state index contributed by atoms with van der Waals surface area (Å²) in [6.45, 7) is 0. The molecule has 74 heavy (non-hydrogen) atoms. The Morgan fingerprint density at radius 1 is 0.419 bits per heavy atom. The first kappa shape index (κ1) is 49.8. The predicted molar refractivity (Wildman–Crippen MR) is 270 cm³/mol. The fraction of sp³-hybridized carbons (Fsp3) is 0. The van der Waals surface area contributed by atoms with Crippen molar-refractivity contribution in [2.75, 3.05) is 0 Å². The van der Waals surface area contributed by atoms with Crippen LogP contribution in [-0.2, 0) is 20.1 Å². The molecule has 13 heteroatoms. The summed E-state index contributed by atoms with van der Waals surface area (Å²) in [5.41, 5.74) is 11.7. The number of pyridine rings is 1. The first-order valence-electron chi connectivity index (χ1n) is 22.9. The average molecular weight is 1150 g/mol. The van der Waals surface area contributed by atoms with Crippen molar-refractivity contribution in [3.63, 3.8) is 0 Å². The smallest absolute Gasteiger partial charge is 0.268 e. The van der Waals surface area contributed by atoms with Crippen molar-refractivity contribution in [1.82, 2.24) is 29.5 Å². The molecule has 8 aromatic carbocycles. The molecule has 4 aromatic heterocycles. The number of aromatic nitrogens is 8. The van der Waals surface area contributed by atoms with Gasteiger partial charge in [0.05, 0.1) is 39.8 Å². The van der Waals surface area contributed by atoms with Crippen LogP contribution in [0.25, 0.3) is 79.2 Å².